The Bertz CT molecular complexity index is 847. The molecule has 1 amide bonds. The lowest BCUT2D eigenvalue weighted by Gasteiger charge is -2.34. The fourth-order valence-corrected chi connectivity index (χ4v) is 3.94. The van der Waals surface area contributed by atoms with E-state index in [2.05, 4.69) is 0 Å². The van der Waals surface area contributed by atoms with Crippen LogP contribution in [0.5, 0.6) is 0 Å². The average molecular weight is 370 g/mol. The molecule has 26 heavy (non-hydrogen) atoms. The maximum absolute atomic E-state index is 12.8. The molecule has 0 bridgehead atoms. The predicted octanol–water partition coefficient (Wildman–Crippen LogP) is 3.70. The van der Waals surface area contributed by atoms with Crippen LogP contribution in [0.15, 0.2) is 65.9 Å². The van der Waals surface area contributed by atoms with Crippen molar-refractivity contribution in [2.24, 2.45) is 5.92 Å². The van der Waals surface area contributed by atoms with Crippen molar-refractivity contribution in [2.75, 3.05) is 6.54 Å². The number of hydrogen-bond donors (Lipinski definition) is 1. The van der Waals surface area contributed by atoms with E-state index in [9.17, 15) is 9.90 Å². The molecule has 1 N–H and O–H groups in total. The maximum Gasteiger partial charge on any atom is 0.289 e. The highest BCUT2D eigenvalue weighted by molar-refractivity contribution is 6.30. The Labute approximate surface area is 157 Å². The van der Waals surface area contributed by atoms with Crippen molar-refractivity contribution in [2.45, 2.75) is 25.7 Å². The number of hydrogen-bond acceptors (Lipinski definition) is 3. The Morgan fingerprint density at radius 1 is 1.15 bits per heavy atom. The van der Waals surface area contributed by atoms with Gasteiger partial charge < -0.3 is 14.7 Å². The van der Waals surface area contributed by atoms with Crippen LogP contribution >= 0.6 is 11.6 Å². The standard InChI is InChI=1S/C21H20ClNO3/c1-13-18(15-7-9-16(22)10-8-15)17-12-23(11-14-5-3-2-4-6-14)20(24)19(17)26-21(13)25/h2-10,13,18,21,25H,11-12H2,1H3/t13-,18+,21+/m1/s1. The molecule has 134 valence electrons. The highest BCUT2D eigenvalue weighted by Gasteiger charge is 2.45. The van der Waals surface area contributed by atoms with Crippen molar-refractivity contribution in [3.8, 4) is 0 Å². The van der Waals surface area contributed by atoms with Crippen LogP contribution in [0.25, 0.3) is 0 Å². The van der Waals surface area contributed by atoms with Crippen molar-refractivity contribution >= 4 is 17.5 Å². The summed E-state index contributed by atoms with van der Waals surface area (Å²) in [5.41, 5.74) is 3.04. The molecule has 0 fully saturated rings. The van der Waals surface area contributed by atoms with Gasteiger partial charge in [0.2, 0.25) is 6.29 Å². The Kier molecular flexibility index (Phi) is 4.47. The van der Waals surface area contributed by atoms with Gasteiger partial charge in [-0.2, -0.15) is 0 Å². The fraction of sp³-hybridized carbons (Fsp3) is 0.286. The lowest BCUT2D eigenvalue weighted by molar-refractivity contribution is -0.144. The third-order valence-electron chi connectivity index (χ3n) is 5.17. The lowest BCUT2D eigenvalue weighted by atomic mass is 9.79. The van der Waals surface area contributed by atoms with Gasteiger partial charge in [-0.15, -0.1) is 0 Å². The Balaban J connectivity index is 1.66. The van der Waals surface area contributed by atoms with E-state index in [0.29, 0.717) is 23.9 Å². The zero-order valence-corrected chi connectivity index (χ0v) is 15.2. The molecular weight excluding hydrogens is 350 g/mol. The molecule has 0 aromatic heterocycles. The van der Waals surface area contributed by atoms with E-state index in [-0.39, 0.29) is 17.7 Å². The number of halogens is 1. The number of carbonyl (C=O) groups is 1. The van der Waals surface area contributed by atoms with Gasteiger partial charge in [-0.1, -0.05) is 61.0 Å². The van der Waals surface area contributed by atoms with Crippen molar-refractivity contribution in [3.05, 3.63) is 82.1 Å². The molecule has 0 aliphatic carbocycles. The highest BCUT2D eigenvalue weighted by atomic mass is 35.5. The summed E-state index contributed by atoms with van der Waals surface area (Å²) in [5.74, 6) is -0.0876. The van der Waals surface area contributed by atoms with Crippen LogP contribution in [-0.2, 0) is 16.1 Å². The van der Waals surface area contributed by atoms with E-state index in [1.165, 1.54) is 0 Å². The minimum absolute atomic E-state index is 0.0734. The van der Waals surface area contributed by atoms with Crippen molar-refractivity contribution < 1.29 is 14.6 Å². The van der Waals surface area contributed by atoms with E-state index in [0.717, 1.165) is 16.7 Å². The molecule has 0 radical (unpaired) electrons. The normalized spacial score (nSPS) is 25.3. The lowest BCUT2D eigenvalue weighted by Crippen LogP contribution is -2.33. The molecule has 0 saturated heterocycles. The van der Waals surface area contributed by atoms with Gasteiger partial charge in [-0.05, 0) is 23.3 Å². The summed E-state index contributed by atoms with van der Waals surface area (Å²) in [6.07, 6.45) is -1.00. The largest absolute Gasteiger partial charge is 0.459 e. The third kappa shape index (κ3) is 3.00. The molecule has 2 aliphatic rings. The monoisotopic (exact) mass is 369 g/mol. The molecule has 5 heteroatoms. The van der Waals surface area contributed by atoms with Crippen molar-refractivity contribution in [1.82, 2.24) is 4.90 Å². The van der Waals surface area contributed by atoms with Crippen LogP contribution in [0.2, 0.25) is 5.02 Å². The Morgan fingerprint density at radius 2 is 1.85 bits per heavy atom. The van der Waals surface area contributed by atoms with Crippen LogP contribution in [0.4, 0.5) is 0 Å². The Hall–Kier alpha value is -2.30. The van der Waals surface area contributed by atoms with E-state index in [1.54, 1.807) is 4.90 Å². The molecule has 2 aliphatic heterocycles. The minimum Gasteiger partial charge on any atom is -0.459 e. The van der Waals surface area contributed by atoms with Crippen LogP contribution in [0.1, 0.15) is 24.0 Å². The molecule has 2 aromatic rings. The van der Waals surface area contributed by atoms with Crippen LogP contribution in [-0.4, -0.2) is 28.7 Å². The fourth-order valence-electron chi connectivity index (χ4n) is 3.81. The van der Waals surface area contributed by atoms with E-state index in [4.69, 9.17) is 16.3 Å². The van der Waals surface area contributed by atoms with E-state index in [1.807, 2.05) is 61.5 Å². The number of aliphatic hydroxyl groups is 1. The summed E-state index contributed by atoms with van der Waals surface area (Å²) in [7, 11) is 0. The highest BCUT2D eigenvalue weighted by Crippen LogP contribution is 2.44. The number of aliphatic hydroxyl groups excluding tert-OH is 1. The first kappa shape index (κ1) is 17.1. The smallest absolute Gasteiger partial charge is 0.289 e. The second kappa shape index (κ2) is 6.78. The Morgan fingerprint density at radius 3 is 2.54 bits per heavy atom. The molecule has 0 unspecified atom stereocenters. The number of amides is 1. The molecule has 0 saturated carbocycles. The molecular formula is C21H20ClNO3. The maximum atomic E-state index is 12.8. The van der Waals surface area contributed by atoms with Gasteiger partial charge >= 0.3 is 0 Å². The van der Waals surface area contributed by atoms with Gasteiger partial charge in [-0.25, -0.2) is 0 Å². The van der Waals surface area contributed by atoms with Crippen molar-refractivity contribution in [3.63, 3.8) is 0 Å². The summed E-state index contributed by atoms with van der Waals surface area (Å²) in [6, 6.07) is 17.5. The molecule has 4 rings (SSSR count). The third-order valence-corrected chi connectivity index (χ3v) is 5.42. The van der Waals surface area contributed by atoms with Crippen LogP contribution in [0.3, 0.4) is 0 Å². The number of ether oxygens (including phenoxy) is 1. The summed E-state index contributed by atoms with van der Waals surface area (Å²) in [6.45, 7) is 2.97. The van der Waals surface area contributed by atoms with E-state index < -0.39 is 6.29 Å². The zero-order chi connectivity index (χ0) is 18.3. The van der Waals surface area contributed by atoms with E-state index >= 15 is 0 Å². The minimum atomic E-state index is -1.00. The first-order chi connectivity index (χ1) is 12.5. The number of rotatable bonds is 3. The molecule has 0 spiro atoms. The number of carbonyl (C=O) groups excluding carboxylic acids is 1. The van der Waals surface area contributed by atoms with Gasteiger partial charge in [0.25, 0.3) is 5.91 Å². The van der Waals surface area contributed by atoms with Gasteiger partial charge in [0.05, 0.1) is 0 Å². The SMILES string of the molecule is C[C@@H]1[C@@H](c2ccc(Cl)cc2)C2=C(O[C@@H]1O)C(=O)N(Cc1ccccc1)C2. The number of benzene rings is 2. The molecule has 2 heterocycles. The van der Waals surface area contributed by atoms with Gasteiger partial charge in [0, 0.05) is 35.5 Å². The van der Waals surface area contributed by atoms with Crippen LogP contribution < -0.4 is 0 Å². The quantitative estimate of drug-likeness (QED) is 0.897. The second-order valence-electron chi connectivity index (χ2n) is 6.90. The van der Waals surface area contributed by atoms with Crippen LogP contribution in [0, 0.1) is 5.92 Å². The first-order valence-electron chi connectivity index (χ1n) is 8.71. The zero-order valence-electron chi connectivity index (χ0n) is 14.4. The molecule has 4 nitrogen and oxygen atoms in total. The van der Waals surface area contributed by atoms with Gasteiger partial charge in [0.15, 0.2) is 5.76 Å². The summed E-state index contributed by atoms with van der Waals surface area (Å²) in [4.78, 5) is 14.6. The summed E-state index contributed by atoms with van der Waals surface area (Å²) >= 11 is 6.02. The number of nitrogens with zero attached hydrogens (tertiary/aromatic N) is 1. The summed E-state index contributed by atoms with van der Waals surface area (Å²) < 4.78 is 5.60. The van der Waals surface area contributed by atoms with Gasteiger partial charge in [0.1, 0.15) is 0 Å². The molecule has 2 aromatic carbocycles. The summed E-state index contributed by atoms with van der Waals surface area (Å²) in [5, 5.41) is 11.0. The van der Waals surface area contributed by atoms with Gasteiger partial charge in [-0.3, -0.25) is 4.79 Å². The molecule has 3 atom stereocenters. The first-order valence-corrected chi connectivity index (χ1v) is 9.09. The second-order valence-corrected chi connectivity index (χ2v) is 7.33. The van der Waals surface area contributed by atoms with Crippen molar-refractivity contribution in [1.29, 1.82) is 0 Å². The topological polar surface area (TPSA) is 49.8 Å². The predicted molar refractivity (Wildman–Crippen MR) is 99.3 cm³/mol. The average Bonchev–Trinajstić information content (AvgIpc) is 2.94.